The third kappa shape index (κ3) is 5.47. The predicted octanol–water partition coefficient (Wildman–Crippen LogP) is 4.79. The van der Waals surface area contributed by atoms with Crippen molar-refractivity contribution in [2.45, 2.75) is 26.3 Å². The summed E-state index contributed by atoms with van der Waals surface area (Å²) in [4.78, 5) is 24.5. The molecule has 3 aromatic rings. The van der Waals surface area contributed by atoms with Crippen molar-refractivity contribution < 1.29 is 19.4 Å². The summed E-state index contributed by atoms with van der Waals surface area (Å²) in [6.45, 7) is 3.67. The molecule has 0 fully saturated rings. The fourth-order valence-electron chi connectivity index (χ4n) is 3.12. The normalized spacial score (nSPS) is 11.5. The van der Waals surface area contributed by atoms with Gasteiger partial charge in [0.05, 0.1) is 11.6 Å². The molecule has 2 N–H and O–H groups in total. The van der Waals surface area contributed by atoms with E-state index in [2.05, 4.69) is 5.32 Å². The van der Waals surface area contributed by atoms with Crippen LogP contribution in [0.25, 0.3) is 11.1 Å². The van der Waals surface area contributed by atoms with E-state index in [1.165, 1.54) is 0 Å². The molecule has 0 bridgehead atoms. The molecule has 0 heterocycles. The van der Waals surface area contributed by atoms with Gasteiger partial charge in [-0.15, -0.1) is 0 Å². The number of hydrogen-bond donors (Lipinski definition) is 2. The summed E-state index contributed by atoms with van der Waals surface area (Å²) in [7, 11) is 0. The fraction of sp³-hybridized carbons (Fsp3) is 0.200. The lowest BCUT2D eigenvalue weighted by atomic mass is 10.0. The zero-order valence-electron chi connectivity index (χ0n) is 17.1. The Morgan fingerprint density at radius 1 is 0.900 bits per heavy atom. The number of aromatic hydroxyl groups is 1. The number of aryl methyl sites for hydroxylation is 1. The van der Waals surface area contributed by atoms with Gasteiger partial charge in [0.25, 0.3) is 5.91 Å². The maximum absolute atomic E-state index is 12.3. The van der Waals surface area contributed by atoms with Crippen molar-refractivity contribution in [3.05, 3.63) is 89.5 Å². The first-order valence-corrected chi connectivity index (χ1v) is 9.89. The van der Waals surface area contributed by atoms with Crippen molar-refractivity contribution in [2.75, 3.05) is 6.61 Å². The van der Waals surface area contributed by atoms with E-state index in [-0.39, 0.29) is 24.3 Å². The van der Waals surface area contributed by atoms with Crippen LogP contribution in [0.2, 0.25) is 0 Å². The molecule has 0 aliphatic rings. The molecule has 0 aliphatic heterocycles. The number of hydrogen-bond acceptors (Lipinski definition) is 4. The first-order valence-electron chi connectivity index (χ1n) is 9.89. The summed E-state index contributed by atoms with van der Waals surface area (Å²) in [6.07, 6.45) is 0.738. The largest absolute Gasteiger partial charge is 0.508 e. The van der Waals surface area contributed by atoms with Crippen molar-refractivity contribution in [1.29, 1.82) is 0 Å². The van der Waals surface area contributed by atoms with Gasteiger partial charge in [-0.05, 0) is 54.3 Å². The van der Waals surface area contributed by atoms with Crippen LogP contribution in [-0.2, 0) is 9.53 Å². The zero-order valence-corrected chi connectivity index (χ0v) is 17.1. The Labute approximate surface area is 176 Å². The molecule has 154 valence electrons. The lowest BCUT2D eigenvalue weighted by Crippen LogP contribution is -2.32. The smallest absolute Gasteiger partial charge is 0.338 e. The van der Waals surface area contributed by atoms with Crippen LogP contribution in [0.15, 0.2) is 72.8 Å². The van der Waals surface area contributed by atoms with Crippen LogP contribution >= 0.6 is 0 Å². The molecule has 0 unspecified atom stereocenters. The number of carbonyl (C=O) groups excluding carboxylic acids is 2. The number of rotatable bonds is 7. The number of benzene rings is 3. The van der Waals surface area contributed by atoms with Crippen LogP contribution in [0.4, 0.5) is 0 Å². The zero-order chi connectivity index (χ0) is 21.5. The minimum Gasteiger partial charge on any atom is -0.508 e. The highest BCUT2D eigenvalue weighted by Crippen LogP contribution is 2.22. The molecule has 1 amide bonds. The number of carbonyl (C=O) groups is 2. The first-order chi connectivity index (χ1) is 14.5. The van der Waals surface area contributed by atoms with Gasteiger partial charge in [-0.1, -0.05) is 61.0 Å². The maximum Gasteiger partial charge on any atom is 0.338 e. The minimum atomic E-state index is -0.550. The number of phenols is 1. The van der Waals surface area contributed by atoms with E-state index in [9.17, 15) is 14.7 Å². The van der Waals surface area contributed by atoms with Crippen molar-refractivity contribution in [3.8, 4) is 16.9 Å². The van der Waals surface area contributed by atoms with Gasteiger partial charge in [0.1, 0.15) is 5.75 Å². The van der Waals surface area contributed by atoms with Crippen LogP contribution in [0, 0.1) is 6.92 Å². The lowest BCUT2D eigenvalue weighted by molar-refractivity contribution is -0.125. The molecule has 0 aromatic heterocycles. The van der Waals surface area contributed by atoms with Crippen molar-refractivity contribution in [1.82, 2.24) is 5.32 Å². The Bertz CT molecular complexity index is 993. The fourth-order valence-corrected chi connectivity index (χ4v) is 3.12. The minimum absolute atomic E-state index is 0.124. The number of phenolic OH excluding ortho intramolecular Hbond substituents is 1. The average Bonchev–Trinajstić information content (AvgIpc) is 2.77. The summed E-state index contributed by atoms with van der Waals surface area (Å²) in [6, 6.07) is 21.6. The van der Waals surface area contributed by atoms with E-state index < -0.39 is 5.97 Å². The Balaban J connectivity index is 1.54. The quantitative estimate of drug-likeness (QED) is 0.556. The second kappa shape index (κ2) is 9.74. The molecule has 0 aliphatic carbocycles. The Morgan fingerprint density at radius 3 is 2.03 bits per heavy atom. The Morgan fingerprint density at radius 2 is 1.47 bits per heavy atom. The molecule has 3 rings (SSSR count). The highest BCUT2D eigenvalue weighted by molar-refractivity contribution is 5.92. The van der Waals surface area contributed by atoms with Gasteiger partial charge < -0.3 is 15.2 Å². The standard InChI is InChI=1S/C25H25NO4/c1-3-23(20-6-4-17(2)5-7-20)26-24(28)16-30-25(29)21-10-8-18(9-11-21)19-12-14-22(27)15-13-19/h4-15,23,27H,3,16H2,1-2H3,(H,26,28)/t23-/m1/s1. The van der Waals surface area contributed by atoms with Crippen molar-refractivity contribution >= 4 is 11.9 Å². The molecule has 1 atom stereocenters. The van der Waals surface area contributed by atoms with Crippen molar-refractivity contribution in [2.24, 2.45) is 0 Å². The van der Waals surface area contributed by atoms with Gasteiger partial charge in [-0.25, -0.2) is 4.79 Å². The molecule has 0 radical (unpaired) electrons. The molecule has 0 saturated heterocycles. The van der Waals surface area contributed by atoms with Crippen LogP contribution in [0.5, 0.6) is 5.75 Å². The van der Waals surface area contributed by atoms with Gasteiger partial charge in [0, 0.05) is 0 Å². The lowest BCUT2D eigenvalue weighted by Gasteiger charge is -2.17. The molecule has 3 aromatic carbocycles. The third-order valence-electron chi connectivity index (χ3n) is 4.88. The van der Waals surface area contributed by atoms with E-state index in [1.807, 2.05) is 38.1 Å². The Kier molecular flexibility index (Phi) is 6.86. The number of ether oxygens (including phenoxy) is 1. The monoisotopic (exact) mass is 403 g/mol. The molecule has 0 saturated carbocycles. The molecular formula is C25H25NO4. The van der Waals surface area contributed by atoms with Crippen LogP contribution in [0.1, 0.15) is 40.9 Å². The highest BCUT2D eigenvalue weighted by atomic mass is 16.5. The molecular weight excluding hydrogens is 378 g/mol. The summed E-state index contributed by atoms with van der Waals surface area (Å²) in [5.74, 6) is -0.688. The summed E-state index contributed by atoms with van der Waals surface area (Å²) in [5, 5.41) is 12.3. The van der Waals surface area contributed by atoms with Crippen molar-refractivity contribution in [3.63, 3.8) is 0 Å². The summed E-state index contributed by atoms with van der Waals surface area (Å²) >= 11 is 0. The molecule has 30 heavy (non-hydrogen) atoms. The first kappa shape index (κ1) is 21.1. The summed E-state index contributed by atoms with van der Waals surface area (Å²) < 4.78 is 5.17. The summed E-state index contributed by atoms with van der Waals surface area (Å²) in [5.41, 5.74) is 4.38. The number of nitrogens with one attached hydrogen (secondary N) is 1. The van der Waals surface area contributed by atoms with Gasteiger partial charge in [0.2, 0.25) is 0 Å². The Hall–Kier alpha value is -3.60. The van der Waals surface area contributed by atoms with Gasteiger partial charge in [0.15, 0.2) is 6.61 Å². The van der Waals surface area contributed by atoms with E-state index in [1.54, 1.807) is 48.5 Å². The molecule has 5 nitrogen and oxygen atoms in total. The second-order valence-corrected chi connectivity index (χ2v) is 7.14. The van der Waals surface area contributed by atoms with Crippen LogP contribution in [0.3, 0.4) is 0 Å². The van der Waals surface area contributed by atoms with E-state index >= 15 is 0 Å². The highest BCUT2D eigenvalue weighted by Gasteiger charge is 2.15. The maximum atomic E-state index is 12.3. The van der Waals surface area contributed by atoms with Gasteiger partial charge in [-0.3, -0.25) is 4.79 Å². The molecule has 5 heteroatoms. The molecule has 0 spiro atoms. The van der Waals surface area contributed by atoms with E-state index in [0.717, 1.165) is 28.7 Å². The van der Waals surface area contributed by atoms with Gasteiger partial charge in [-0.2, -0.15) is 0 Å². The average molecular weight is 403 g/mol. The van der Waals surface area contributed by atoms with Crippen LogP contribution < -0.4 is 5.32 Å². The van der Waals surface area contributed by atoms with Gasteiger partial charge >= 0.3 is 5.97 Å². The third-order valence-corrected chi connectivity index (χ3v) is 4.88. The predicted molar refractivity (Wildman–Crippen MR) is 116 cm³/mol. The van der Waals surface area contributed by atoms with Crippen LogP contribution in [-0.4, -0.2) is 23.6 Å². The topological polar surface area (TPSA) is 75.6 Å². The number of esters is 1. The van der Waals surface area contributed by atoms with E-state index in [0.29, 0.717) is 5.56 Å². The van der Waals surface area contributed by atoms with E-state index in [4.69, 9.17) is 4.74 Å². The number of amides is 1. The SMILES string of the molecule is CC[C@@H](NC(=O)COC(=O)c1ccc(-c2ccc(O)cc2)cc1)c1ccc(C)cc1. The second-order valence-electron chi connectivity index (χ2n) is 7.14.